The van der Waals surface area contributed by atoms with Crippen LogP contribution < -0.4 is 0 Å². The molecule has 6 heteroatoms. The molecule has 306 valence electrons. The van der Waals surface area contributed by atoms with Gasteiger partial charge in [-0.05, 0) is 38.5 Å². The summed E-state index contributed by atoms with van der Waals surface area (Å²) in [5, 5.41) is 0. The van der Waals surface area contributed by atoms with Crippen molar-refractivity contribution in [3.05, 3.63) is 0 Å². The van der Waals surface area contributed by atoms with Gasteiger partial charge in [-0.3, -0.25) is 0 Å². The monoisotopic (exact) mass is 727 g/mol. The number of carbonyl (C=O) groups excluding carboxylic acids is 6. The highest BCUT2D eigenvalue weighted by Crippen LogP contribution is 2.08. The normalized spacial score (nSPS) is 9.29. The second-order valence-electron chi connectivity index (χ2n) is 13.2. The molecule has 0 amide bonds. The number of hydrogen-bond donors (Lipinski definition) is 0. The SMILES string of the molecule is CCCCC=O.CCCCCC=O.CCCCCCC=O.CCCCCCCC=O.CCCCCCCCC=O.CCCCCCCCCC=O. The first-order chi connectivity index (χ1) is 25.0. The van der Waals surface area contributed by atoms with Crippen molar-refractivity contribution >= 4 is 37.7 Å². The van der Waals surface area contributed by atoms with Gasteiger partial charge in [-0.2, -0.15) is 0 Å². The van der Waals surface area contributed by atoms with E-state index in [-0.39, 0.29) is 0 Å². The molecule has 0 saturated carbocycles. The van der Waals surface area contributed by atoms with Gasteiger partial charge in [0.25, 0.3) is 0 Å². The molecule has 0 N–H and O–H groups in total. The van der Waals surface area contributed by atoms with Crippen molar-refractivity contribution < 1.29 is 28.8 Å². The van der Waals surface area contributed by atoms with Gasteiger partial charge in [0.1, 0.15) is 37.7 Å². The molecule has 0 aliphatic rings. The van der Waals surface area contributed by atoms with Crippen molar-refractivity contribution in [2.45, 2.75) is 253 Å². The third-order valence-electron chi connectivity index (χ3n) is 7.80. The Bertz CT molecular complexity index is 593. The lowest BCUT2D eigenvalue weighted by molar-refractivity contribution is -0.108. The minimum absolute atomic E-state index is 0.733. The van der Waals surface area contributed by atoms with Crippen LogP contribution in [0.1, 0.15) is 253 Å². The molecule has 0 aliphatic carbocycles. The van der Waals surface area contributed by atoms with Crippen molar-refractivity contribution in [1.29, 1.82) is 0 Å². The predicted molar refractivity (Wildman–Crippen MR) is 223 cm³/mol. The van der Waals surface area contributed by atoms with E-state index in [4.69, 9.17) is 0 Å². The smallest absolute Gasteiger partial charge is 0.119 e. The van der Waals surface area contributed by atoms with Crippen molar-refractivity contribution in [3.63, 3.8) is 0 Å². The van der Waals surface area contributed by atoms with Crippen LogP contribution >= 0.6 is 0 Å². The van der Waals surface area contributed by atoms with Gasteiger partial charge in [0, 0.05) is 38.5 Å². The summed E-state index contributed by atoms with van der Waals surface area (Å²) in [6, 6.07) is 0. The van der Waals surface area contributed by atoms with Crippen LogP contribution in [-0.4, -0.2) is 37.7 Å². The fourth-order valence-electron chi connectivity index (χ4n) is 4.44. The summed E-state index contributed by atoms with van der Waals surface area (Å²) in [5.41, 5.74) is 0. The van der Waals surface area contributed by atoms with Crippen LogP contribution in [0.25, 0.3) is 0 Å². The van der Waals surface area contributed by atoms with E-state index in [1.807, 2.05) is 0 Å². The summed E-state index contributed by atoms with van der Waals surface area (Å²) in [4.78, 5) is 58.7. The highest BCUT2D eigenvalue weighted by atomic mass is 16.1. The van der Waals surface area contributed by atoms with Gasteiger partial charge >= 0.3 is 0 Å². The summed E-state index contributed by atoms with van der Waals surface area (Å²) in [6.07, 6.45) is 43.8. The van der Waals surface area contributed by atoms with Gasteiger partial charge in [-0.25, -0.2) is 0 Å². The Morgan fingerprint density at radius 3 is 0.529 bits per heavy atom. The second kappa shape index (κ2) is 77.5. The first-order valence-electron chi connectivity index (χ1n) is 21.6. The van der Waals surface area contributed by atoms with Crippen molar-refractivity contribution in [2.24, 2.45) is 0 Å². The van der Waals surface area contributed by atoms with Crippen molar-refractivity contribution in [2.75, 3.05) is 0 Å². The van der Waals surface area contributed by atoms with E-state index < -0.39 is 0 Å². The Morgan fingerprint density at radius 1 is 0.196 bits per heavy atom. The highest BCUT2D eigenvalue weighted by Gasteiger charge is 1.90. The molecule has 0 unspecified atom stereocenters. The van der Waals surface area contributed by atoms with Gasteiger partial charge < -0.3 is 28.8 Å². The van der Waals surface area contributed by atoms with E-state index in [0.29, 0.717) is 0 Å². The van der Waals surface area contributed by atoms with Crippen molar-refractivity contribution in [1.82, 2.24) is 0 Å². The van der Waals surface area contributed by atoms with Gasteiger partial charge in [0.2, 0.25) is 0 Å². The molecule has 0 radical (unpaired) electrons. The Balaban J connectivity index is -0.000000120. The Kier molecular flexibility index (Phi) is 92.8. The first-order valence-corrected chi connectivity index (χ1v) is 21.6. The molecule has 0 aromatic heterocycles. The van der Waals surface area contributed by atoms with E-state index >= 15 is 0 Å². The maximum absolute atomic E-state index is 9.94. The molecule has 0 fully saturated rings. The van der Waals surface area contributed by atoms with E-state index in [2.05, 4.69) is 41.5 Å². The zero-order valence-electron chi connectivity index (χ0n) is 35.2. The lowest BCUT2D eigenvalue weighted by Gasteiger charge is -1.97. The number of unbranched alkanes of at least 4 members (excludes halogenated alkanes) is 27. The first kappa shape index (κ1) is 61.1. The highest BCUT2D eigenvalue weighted by molar-refractivity contribution is 5.50. The summed E-state index contributed by atoms with van der Waals surface area (Å²) in [6.45, 7) is 13.0. The standard InChI is InChI=1S/C10H20O.C9H18O.C8H16O.C7H14O.C6H12O.C5H10O/c1-2-3-4-5-6-7-8-9-10-11;1-2-3-4-5-6-7-8-9-10;1-2-3-4-5-6-7-8-9;1-2-3-4-5-6-7-8;1-2-3-4-5-6-7;1-2-3-4-5-6/h10H,2-9H2,1H3;9H,2-8H2,1H3;8H,2-7H2,1H3;7H,2-6H2,1H3;6H,2-5H2,1H3;5H,2-4H2,1H3. The van der Waals surface area contributed by atoms with Crippen LogP contribution in [0.3, 0.4) is 0 Å². The predicted octanol–water partition coefficient (Wildman–Crippen LogP) is 14.1. The molecule has 0 spiro atoms. The molecular weight excluding hydrogens is 636 g/mol. The molecule has 0 aliphatic heterocycles. The molecule has 0 heterocycles. The van der Waals surface area contributed by atoms with Gasteiger partial charge in [-0.15, -0.1) is 0 Å². The second-order valence-corrected chi connectivity index (χ2v) is 13.2. The summed E-state index contributed by atoms with van der Waals surface area (Å²) < 4.78 is 0. The molecule has 0 bridgehead atoms. The molecule has 0 atom stereocenters. The van der Waals surface area contributed by atoms with E-state index in [9.17, 15) is 28.8 Å². The molecule has 0 aromatic rings. The maximum atomic E-state index is 9.94. The maximum Gasteiger partial charge on any atom is 0.119 e. The summed E-state index contributed by atoms with van der Waals surface area (Å²) >= 11 is 0. The summed E-state index contributed by atoms with van der Waals surface area (Å²) in [7, 11) is 0. The average molecular weight is 727 g/mol. The lowest BCUT2D eigenvalue weighted by atomic mass is 10.1. The Labute approximate surface area is 319 Å². The number of aldehydes is 6. The largest absolute Gasteiger partial charge is 0.303 e. The van der Waals surface area contributed by atoms with Gasteiger partial charge in [0.15, 0.2) is 0 Å². The number of carbonyl (C=O) groups is 6. The quantitative estimate of drug-likeness (QED) is 0.0493. The lowest BCUT2D eigenvalue weighted by Crippen LogP contribution is -1.80. The zero-order valence-corrected chi connectivity index (χ0v) is 35.2. The van der Waals surface area contributed by atoms with E-state index in [0.717, 1.165) is 121 Å². The molecule has 0 saturated heterocycles. The third kappa shape index (κ3) is 106. The fraction of sp³-hybridized carbons (Fsp3) is 0.867. The van der Waals surface area contributed by atoms with E-state index in [1.165, 1.54) is 128 Å². The minimum Gasteiger partial charge on any atom is -0.303 e. The van der Waals surface area contributed by atoms with E-state index in [1.54, 1.807) is 0 Å². The molecule has 0 aromatic carbocycles. The zero-order chi connectivity index (χ0) is 39.6. The number of rotatable bonds is 33. The molecule has 0 rings (SSSR count). The van der Waals surface area contributed by atoms with Gasteiger partial charge in [0.05, 0.1) is 0 Å². The summed E-state index contributed by atoms with van der Waals surface area (Å²) in [5.74, 6) is 0. The van der Waals surface area contributed by atoms with Crippen molar-refractivity contribution in [3.8, 4) is 0 Å². The average Bonchev–Trinajstić information content (AvgIpc) is 3.15. The van der Waals surface area contributed by atoms with Crippen LogP contribution in [-0.2, 0) is 28.8 Å². The minimum atomic E-state index is 0.733. The van der Waals surface area contributed by atoms with Crippen LogP contribution in [0, 0.1) is 0 Å². The van der Waals surface area contributed by atoms with Crippen LogP contribution in [0.5, 0.6) is 0 Å². The molecule has 51 heavy (non-hydrogen) atoms. The van der Waals surface area contributed by atoms with Gasteiger partial charge in [-0.1, -0.05) is 176 Å². The Morgan fingerprint density at radius 2 is 0.333 bits per heavy atom. The molecular formula is C45H90O6. The fourth-order valence-corrected chi connectivity index (χ4v) is 4.44. The van der Waals surface area contributed by atoms with Crippen LogP contribution in [0.2, 0.25) is 0 Å². The van der Waals surface area contributed by atoms with Crippen LogP contribution in [0.15, 0.2) is 0 Å². The number of hydrogen-bond acceptors (Lipinski definition) is 6. The molecule has 6 nitrogen and oxygen atoms in total. The topological polar surface area (TPSA) is 102 Å². The third-order valence-corrected chi connectivity index (χ3v) is 7.80. The van der Waals surface area contributed by atoms with Crippen LogP contribution in [0.4, 0.5) is 0 Å². The Hall–Kier alpha value is -1.98.